The maximum atomic E-state index is 9.99. The van der Waals surface area contributed by atoms with Gasteiger partial charge in [-0.05, 0) is 18.8 Å². The van der Waals surface area contributed by atoms with E-state index in [0.29, 0.717) is 5.92 Å². The average Bonchev–Trinajstić information content (AvgIpc) is 2.42. The van der Waals surface area contributed by atoms with Crippen molar-refractivity contribution in [2.75, 3.05) is 13.7 Å². The second-order valence-corrected chi connectivity index (χ2v) is 5.94. The lowest BCUT2D eigenvalue weighted by Crippen LogP contribution is -2.18. The van der Waals surface area contributed by atoms with Gasteiger partial charge in [0.15, 0.2) is 0 Å². The Morgan fingerprint density at radius 2 is 1.37 bits per heavy atom. The van der Waals surface area contributed by atoms with Crippen molar-refractivity contribution in [3.8, 4) is 0 Å². The van der Waals surface area contributed by atoms with Gasteiger partial charge in [-0.2, -0.15) is 0 Å². The maximum Gasteiger partial charge on any atom is 0.0566 e. The van der Waals surface area contributed by atoms with Crippen molar-refractivity contribution in [1.29, 1.82) is 0 Å². The first kappa shape index (κ1) is 18.9. The van der Waals surface area contributed by atoms with Crippen molar-refractivity contribution in [3.05, 3.63) is 0 Å². The van der Waals surface area contributed by atoms with Crippen LogP contribution in [0.2, 0.25) is 0 Å². The Kier molecular flexibility index (Phi) is 14.3. The van der Waals surface area contributed by atoms with E-state index < -0.39 is 0 Å². The molecule has 2 atom stereocenters. The molecule has 1 N–H and O–H groups in total. The van der Waals surface area contributed by atoms with Crippen LogP contribution in [0.3, 0.4) is 0 Å². The second kappa shape index (κ2) is 14.3. The van der Waals surface area contributed by atoms with Crippen molar-refractivity contribution < 1.29 is 9.84 Å². The molecule has 0 aliphatic heterocycles. The van der Waals surface area contributed by atoms with Gasteiger partial charge >= 0.3 is 0 Å². The highest BCUT2D eigenvalue weighted by Crippen LogP contribution is 2.16. The third-order valence-electron chi connectivity index (χ3n) is 4.04. The topological polar surface area (TPSA) is 29.5 Å². The van der Waals surface area contributed by atoms with Crippen LogP contribution in [0.4, 0.5) is 0 Å². The lowest BCUT2D eigenvalue weighted by molar-refractivity contribution is 0.0798. The fraction of sp³-hybridized carbons (Fsp3) is 1.00. The van der Waals surface area contributed by atoms with Crippen LogP contribution >= 0.6 is 0 Å². The molecule has 0 saturated heterocycles. The molecule has 0 aromatic heterocycles. The summed E-state index contributed by atoms with van der Waals surface area (Å²) in [5.74, 6) is 0.369. The minimum Gasteiger partial charge on any atom is -0.393 e. The lowest BCUT2D eigenvalue weighted by atomic mass is 9.96. The van der Waals surface area contributed by atoms with E-state index in [4.69, 9.17) is 4.74 Å². The van der Waals surface area contributed by atoms with Gasteiger partial charge in [-0.25, -0.2) is 0 Å². The van der Waals surface area contributed by atoms with Crippen LogP contribution in [0.25, 0.3) is 0 Å². The zero-order valence-corrected chi connectivity index (χ0v) is 13.5. The summed E-state index contributed by atoms with van der Waals surface area (Å²) in [6.45, 7) is 5.15. The Morgan fingerprint density at radius 3 is 1.89 bits per heavy atom. The quantitative estimate of drug-likeness (QED) is 0.454. The fourth-order valence-corrected chi connectivity index (χ4v) is 2.44. The van der Waals surface area contributed by atoms with E-state index in [1.807, 2.05) is 0 Å². The van der Waals surface area contributed by atoms with Crippen molar-refractivity contribution in [2.24, 2.45) is 5.92 Å². The summed E-state index contributed by atoms with van der Waals surface area (Å²) in [6.07, 6.45) is 13.9. The van der Waals surface area contributed by atoms with E-state index in [1.165, 1.54) is 57.8 Å². The summed E-state index contributed by atoms with van der Waals surface area (Å²) in [6, 6.07) is 0. The number of methoxy groups -OCH3 is 1. The molecule has 2 heteroatoms. The standard InChI is InChI=1S/C17H36O2/c1-4-5-6-7-8-9-10-11-12-13-17(18)16(2)14-15-19-3/h16-18H,4-15H2,1-3H3. The normalized spacial score (nSPS) is 14.5. The molecule has 2 unspecified atom stereocenters. The van der Waals surface area contributed by atoms with Crippen LogP contribution < -0.4 is 0 Å². The number of aliphatic hydroxyl groups is 1. The molecule has 0 aliphatic carbocycles. The van der Waals surface area contributed by atoms with Crippen molar-refractivity contribution in [1.82, 2.24) is 0 Å². The Morgan fingerprint density at radius 1 is 0.842 bits per heavy atom. The van der Waals surface area contributed by atoms with Gasteiger partial charge < -0.3 is 9.84 Å². The van der Waals surface area contributed by atoms with Crippen LogP contribution in [0.1, 0.15) is 84.5 Å². The monoisotopic (exact) mass is 272 g/mol. The summed E-state index contributed by atoms with van der Waals surface area (Å²) in [5.41, 5.74) is 0. The first-order valence-corrected chi connectivity index (χ1v) is 8.39. The first-order valence-electron chi connectivity index (χ1n) is 8.39. The number of ether oxygens (including phenoxy) is 1. The molecule has 0 aromatic rings. The zero-order chi connectivity index (χ0) is 14.3. The molecule has 0 radical (unpaired) electrons. The predicted molar refractivity (Wildman–Crippen MR) is 83.5 cm³/mol. The average molecular weight is 272 g/mol. The Hall–Kier alpha value is -0.0800. The molecule has 19 heavy (non-hydrogen) atoms. The highest BCUT2D eigenvalue weighted by atomic mass is 16.5. The molecule has 0 saturated carbocycles. The summed E-state index contributed by atoms with van der Waals surface area (Å²) in [7, 11) is 1.72. The van der Waals surface area contributed by atoms with Gasteiger partial charge in [0.05, 0.1) is 6.10 Å². The molecule has 0 aliphatic rings. The van der Waals surface area contributed by atoms with Crippen LogP contribution in [0.5, 0.6) is 0 Å². The first-order chi connectivity index (χ1) is 9.22. The molecule has 0 aromatic carbocycles. The van der Waals surface area contributed by atoms with E-state index in [-0.39, 0.29) is 6.10 Å². The maximum absolute atomic E-state index is 9.99. The van der Waals surface area contributed by atoms with E-state index in [1.54, 1.807) is 7.11 Å². The van der Waals surface area contributed by atoms with Crippen molar-refractivity contribution in [3.63, 3.8) is 0 Å². The van der Waals surface area contributed by atoms with Gasteiger partial charge in [-0.3, -0.25) is 0 Å². The molecule has 0 fully saturated rings. The van der Waals surface area contributed by atoms with Gasteiger partial charge in [0.1, 0.15) is 0 Å². The molecule has 0 bridgehead atoms. The molecule has 116 valence electrons. The molecule has 0 heterocycles. The lowest BCUT2D eigenvalue weighted by Gasteiger charge is -2.18. The third-order valence-corrected chi connectivity index (χ3v) is 4.04. The van der Waals surface area contributed by atoms with Crippen LogP contribution in [-0.4, -0.2) is 24.9 Å². The minimum atomic E-state index is -0.139. The van der Waals surface area contributed by atoms with Gasteiger partial charge in [-0.15, -0.1) is 0 Å². The molecular formula is C17H36O2. The minimum absolute atomic E-state index is 0.139. The second-order valence-electron chi connectivity index (χ2n) is 5.94. The zero-order valence-electron chi connectivity index (χ0n) is 13.5. The number of hydrogen-bond acceptors (Lipinski definition) is 2. The number of aliphatic hydroxyl groups excluding tert-OH is 1. The number of rotatable bonds is 14. The molecule has 2 nitrogen and oxygen atoms in total. The van der Waals surface area contributed by atoms with Crippen LogP contribution in [0, 0.1) is 5.92 Å². The molecular weight excluding hydrogens is 236 g/mol. The van der Waals surface area contributed by atoms with Crippen LogP contribution in [0.15, 0.2) is 0 Å². The summed E-state index contributed by atoms with van der Waals surface area (Å²) < 4.78 is 5.05. The van der Waals surface area contributed by atoms with Crippen molar-refractivity contribution in [2.45, 2.75) is 90.6 Å². The molecule has 0 amide bonds. The number of hydrogen-bond donors (Lipinski definition) is 1. The molecule has 0 rings (SSSR count). The SMILES string of the molecule is CCCCCCCCCCCC(O)C(C)CCOC. The van der Waals surface area contributed by atoms with Crippen LogP contribution in [-0.2, 0) is 4.74 Å². The Bertz CT molecular complexity index is 171. The van der Waals surface area contributed by atoms with Gasteiger partial charge in [0.2, 0.25) is 0 Å². The largest absolute Gasteiger partial charge is 0.393 e. The highest BCUT2D eigenvalue weighted by Gasteiger charge is 2.13. The van der Waals surface area contributed by atoms with Gasteiger partial charge in [0.25, 0.3) is 0 Å². The summed E-state index contributed by atoms with van der Waals surface area (Å²) in [5, 5.41) is 9.99. The van der Waals surface area contributed by atoms with Crippen molar-refractivity contribution >= 4 is 0 Å². The predicted octanol–water partition coefficient (Wildman–Crippen LogP) is 4.94. The Labute approximate surface area is 120 Å². The smallest absolute Gasteiger partial charge is 0.0566 e. The fourth-order valence-electron chi connectivity index (χ4n) is 2.44. The van der Waals surface area contributed by atoms with E-state index in [0.717, 1.165) is 19.4 Å². The van der Waals surface area contributed by atoms with E-state index in [9.17, 15) is 5.11 Å². The highest BCUT2D eigenvalue weighted by molar-refractivity contribution is 4.64. The van der Waals surface area contributed by atoms with Gasteiger partial charge in [0, 0.05) is 13.7 Å². The van der Waals surface area contributed by atoms with E-state index >= 15 is 0 Å². The number of unbranched alkanes of at least 4 members (excludes halogenated alkanes) is 8. The third kappa shape index (κ3) is 12.7. The van der Waals surface area contributed by atoms with E-state index in [2.05, 4.69) is 13.8 Å². The Balaban J connectivity index is 3.24. The van der Waals surface area contributed by atoms with Gasteiger partial charge in [-0.1, -0.05) is 71.6 Å². The molecule has 0 spiro atoms. The summed E-state index contributed by atoms with van der Waals surface area (Å²) in [4.78, 5) is 0. The summed E-state index contributed by atoms with van der Waals surface area (Å²) >= 11 is 0.